The van der Waals surface area contributed by atoms with Crippen molar-refractivity contribution in [2.24, 2.45) is 0 Å². The van der Waals surface area contributed by atoms with Crippen molar-refractivity contribution in [3.05, 3.63) is 66.0 Å². The molecule has 1 heterocycles. The highest BCUT2D eigenvalue weighted by molar-refractivity contribution is 5.69. The number of aromatic nitrogens is 2. The van der Waals surface area contributed by atoms with E-state index in [9.17, 15) is 0 Å². The summed E-state index contributed by atoms with van der Waals surface area (Å²) in [6.07, 6.45) is 0.650. The number of rotatable bonds is 3. The molecule has 0 radical (unpaired) electrons. The quantitative estimate of drug-likeness (QED) is 0.727. The summed E-state index contributed by atoms with van der Waals surface area (Å²) in [5.41, 5.74) is 8.44. The minimum absolute atomic E-state index is 0.462. The molecule has 3 aromatic rings. The van der Waals surface area contributed by atoms with Crippen molar-refractivity contribution >= 4 is 5.69 Å². The fourth-order valence-corrected chi connectivity index (χ4v) is 1.91. The van der Waals surface area contributed by atoms with Gasteiger partial charge in [-0.05, 0) is 17.7 Å². The van der Waals surface area contributed by atoms with E-state index < -0.39 is 0 Å². The van der Waals surface area contributed by atoms with Crippen LogP contribution in [-0.4, -0.2) is 10.1 Å². The van der Waals surface area contributed by atoms with Crippen molar-refractivity contribution < 1.29 is 4.52 Å². The average molecular weight is 251 g/mol. The van der Waals surface area contributed by atoms with Gasteiger partial charge in [-0.3, -0.25) is 0 Å². The summed E-state index contributed by atoms with van der Waals surface area (Å²) in [4.78, 5) is 4.38. The molecule has 0 unspecified atom stereocenters. The lowest BCUT2D eigenvalue weighted by Gasteiger charge is -1.98. The van der Waals surface area contributed by atoms with Crippen LogP contribution >= 0.6 is 0 Å². The lowest BCUT2D eigenvalue weighted by Crippen LogP contribution is -1.91. The van der Waals surface area contributed by atoms with Crippen LogP contribution in [0.5, 0.6) is 0 Å². The van der Waals surface area contributed by atoms with Crippen LogP contribution in [-0.2, 0) is 6.42 Å². The second-order valence-corrected chi connectivity index (χ2v) is 4.27. The van der Waals surface area contributed by atoms with Gasteiger partial charge in [0, 0.05) is 12.1 Å². The fraction of sp³-hybridized carbons (Fsp3) is 0.0667. The maximum atomic E-state index is 5.89. The van der Waals surface area contributed by atoms with Gasteiger partial charge in [0.25, 0.3) is 5.89 Å². The van der Waals surface area contributed by atoms with E-state index in [-0.39, 0.29) is 0 Å². The summed E-state index contributed by atoms with van der Waals surface area (Å²) in [6.45, 7) is 0. The van der Waals surface area contributed by atoms with Crippen molar-refractivity contribution in [3.8, 4) is 11.5 Å². The first-order valence-corrected chi connectivity index (χ1v) is 6.04. The van der Waals surface area contributed by atoms with E-state index in [2.05, 4.69) is 10.1 Å². The third-order valence-corrected chi connectivity index (χ3v) is 2.86. The smallest absolute Gasteiger partial charge is 0.260 e. The summed E-state index contributed by atoms with van der Waals surface area (Å²) in [6, 6.07) is 17.5. The van der Waals surface area contributed by atoms with Crippen LogP contribution < -0.4 is 5.73 Å². The normalized spacial score (nSPS) is 10.5. The van der Waals surface area contributed by atoms with Crippen molar-refractivity contribution in [2.45, 2.75) is 6.42 Å². The Labute approximate surface area is 110 Å². The van der Waals surface area contributed by atoms with Gasteiger partial charge in [-0.1, -0.05) is 47.6 Å². The topological polar surface area (TPSA) is 64.9 Å². The summed E-state index contributed by atoms with van der Waals surface area (Å²) in [7, 11) is 0. The molecule has 94 valence electrons. The third-order valence-electron chi connectivity index (χ3n) is 2.86. The molecule has 0 saturated carbocycles. The Morgan fingerprint density at radius 1 is 0.947 bits per heavy atom. The molecule has 0 amide bonds. The van der Waals surface area contributed by atoms with Crippen LogP contribution in [0.25, 0.3) is 11.5 Å². The maximum Gasteiger partial charge on any atom is 0.260 e. The molecule has 2 N–H and O–H groups in total. The molecule has 0 saturated heterocycles. The highest BCUT2D eigenvalue weighted by Crippen LogP contribution is 2.23. The molecule has 2 aromatic carbocycles. The first kappa shape index (κ1) is 11.5. The van der Waals surface area contributed by atoms with E-state index >= 15 is 0 Å². The van der Waals surface area contributed by atoms with Crippen molar-refractivity contribution in [2.75, 3.05) is 5.73 Å². The van der Waals surface area contributed by atoms with Gasteiger partial charge < -0.3 is 10.3 Å². The van der Waals surface area contributed by atoms with Crippen LogP contribution in [0.4, 0.5) is 5.69 Å². The molecular formula is C15H13N3O. The van der Waals surface area contributed by atoms with E-state index in [0.29, 0.717) is 23.8 Å². The van der Waals surface area contributed by atoms with Crippen LogP contribution in [0.15, 0.2) is 59.1 Å². The van der Waals surface area contributed by atoms with Gasteiger partial charge in [0.2, 0.25) is 0 Å². The van der Waals surface area contributed by atoms with Crippen LogP contribution in [0, 0.1) is 0 Å². The number of nitrogen functional groups attached to an aromatic ring is 1. The summed E-state index contributed by atoms with van der Waals surface area (Å²) in [5, 5.41) is 3.99. The SMILES string of the molecule is Nc1ccccc1-c1nc(Cc2ccccc2)no1. The number of hydrogen-bond acceptors (Lipinski definition) is 4. The molecule has 19 heavy (non-hydrogen) atoms. The lowest BCUT2D eigenvalue weighted by molar-refractivity contribution is 0.424. The predicted molar refractivity (Wildman–Crippen MR) is 73.4 cm³/mol. The number of nitrogens with two attached hydrogens (primary N) is 1. The number of hydrogen-bond donors (Lipinski definition) is 1. The van der Waals surface area contributed by atoms with Crippen LogP contribution in [0.3, 0.4) is 0 Å². The van der Waals surface area contributed by atoms with Gasteiger partial charge in [-0.2, -0.15) is 4.98 Å². The predicted octanol–water partition coefficient (Wildman–Crippen LogP) is 2.91. The van der Waals surface area contributed by atoms with Gasteiger partial charge in [-0.25, -0.2) is 0 Å². The molecular weight excluding hydrogens is 238 g/mol. The third kappa shape index (κ3) is 2.47. The minimum Gasteiger partial charge on any atom is -0.398 e. The molecule has 0 aliphatic heterocycles. The Bertz CT molecular complexity index is 677. The zero-order chi connectivity index (χ0) is 13.1. The summed E-state index contributed by atoms with van der Waals surface area (Å²) < 4.78 is 5.26. The second-order valence-electron chi connectivity index (χ2n) is 4.27. The van der Waals surface area contributed by atoms with E-state index in [0.717, 1.165) is 11.1 Å². The maximum absolute atomic E-state index is 5.89. The Morgan fingerprint density at radius 2 is 1.68 bits per heavy atom. The fourth-order valence-electron chi connectivity index (χ4n) is 1.91. The van der Waals surface area contributed by atoms with Crippen molar-refractivity contribution in [1.82, 2.24) is 10.1 Å². The monoisotopic (exact) mass is 251 g/mol. The number of benzene rings is 2. The highest BCUT2D eigenvalue weighted by Gasteiger charge is 2.11. The number of para-hydroxylation sites is 1. The molecule has 0 bridgehead atoms. The summed E-state index contributed by atoms with van der Waals surface area (Å²) in [5.74, 6) is 1.12. The number of anilines is 1. The number of nitrogens with zero attached hydrogens (tertiary/aromatic N) is 2. The van der Waals surface area contributed by atoms with Gasteiger partial charge in [0.05, 0.1) is 5.56 Å². The molecule has 0 aliphatic rings. The van der Waals surface area contributed by atoms with Gasteiger partial charge in [0.15, 0.2) is 5.82 Å². The molecule has 1 aromatic heterocycles. The molecule has 0 aliphatic carbocycles. The molecule has 4 nitrogen and oxygen atoms in total. The zero-order valence-electron chi connectivity index (χ0n) is 10.3. The van der Waals surface area contributed by atoms with E-state index in [1.165, 1.54) is 0 Å². The first-order valence-electron chi connectivity index (χ1n) is 6.04. The Kier molecular flexibility index (Phi) is 2.98. The average Bonchev–Trinajstić information content (AvgIpc) is 2.89. The van der Waals surface area contributed by atoms with E-state index in [1.54, 1.807) is 0 Å². The highest BCUT2D eigenvalue weighted by atomic mass is 16.5. The van der Waals surface area contributed by atoms with Gasteiger partial charge in [0.1, 0.15) is 0 Å². The van der Waals surface area contributed by atoms with Crippen molar-refractivity contribution in [3.63, 3.8) is 0 Å². The van der Waals surface area contributed by atoms with Gasteiger partial charge in [-0.15, -0.1) is 0 Å². The van der Waals surface area contributed by atoms with E-state index in [4.69, 9.17) is 10.3 Å². The largest absolute Gasteiger partial charge is 0.398 e. The molecule has 0 spiro atoms. The zero-order valence-corrected chi connectivity index (χ0v) is 10.3. The van der Waals surface area contributed by atoms with E-state index in [1.807, 2.05) is 54.6 Å². The Balaban J connectivity index is 1.86. The van der Waals surface area contributed by atoms with Gasteiger partial charge >= 0.3 is 0 Å². The molecule has 0 atom stereocenters. The first-order chi connectivity index (χ1) is 9.33. The Hall–Kier alpha value is -2.62. The lowest BCUT2D eigenvalue weighted by atomic mass is 10.1. The molecule has 4 heteroatoms. The standard InChI is InChI=1S/C15H13N3O/c16-13-9-5-4-8-12(13)15-17-14(18-19-15)10-11-6-2-1-3-7-11/h1-9H,10,16H2. The minimum atomic E-state index is 0.462. The molecule has 3 rings (SSSR count). The van der Waals surface area contributed by atoms with Crippen molar-refractivity contribution in [1.29, 1.82) is 0 Å². The summed E-state index contributed by atoms with van der Waals surface area (Å²) >= 11 is 0. The Morgan fingerprint density at radius 3 is 2.47 bits per heavy atom. The molecule has 0 fully saturated rings. The van der Waals surface area contributed by atoms with Crippen LogP contribution in [0.2, 0.25) is 0 Å². The second kappa shape index (κ2) is 4.94. The van der Waals surface area contributed by atoms with Crippen LogP contribution in [0.1, 0.15) is 11.4 Å².